The zero-order valence-corrected chi connectivity index (χ0v) is 12.1. The fraction of sp³-hybridized carbons (Fsp3) is 0.500. The third-order valence-corrected chi connectivity index (χ3v) is 3.52. The molecule has 23 heavy (non-hydrogen) atoms. The molecular formula is C12H17N7O4. The van der Waals surface area contributed by atoms with Crippen LogP contribution in [-0.4, -0.2) is 55.2 Å². The molecule has 0 aromatic carbocycles. The molecule has 0 radical (unpaired) electrons. The number of urea groups is 1. The molecule has 0 bridgehead atoms. The summed E-state index contributed by atoms with van der Waals surface area (Å²) < 4.78 is 7.47. The second-order valence-corrected chi connectivity index (χ2v) is 4.98. The Morgan fingerprint density at radius 1 is 1.39 bits per heavy atom. The minimum Gasteiger partial charge on any atom is -0.394 e. The highest BCUT2D eigenvalue weighted by atomic mass is 16.5. The van der Waals surface area contributed by atoms with E-state index in [0.29, 0.717) is 11.2 Å². The quantitative estimate of drug-likeness (QED) is 0.367. The summed E-state index contributed by atoms with van der Waals surface area (Å²) in [6, 6.07) is -0.543. The molecule has 1 aliphatic rings. The molecule has 0 spiro atoms. The number of carbonyl (C=O) groups is 1. The number of aliphatic hydroxyl groups is 1. The number of fused-ring (bicyclic) bond motifs is 1. The average Bonchev–Trinajstić information content (AvgIpc) is 3.19. The van der Waals surface area contributed by atoms with Crippen LogP contribution in [0.3, 0.4) is 0 Å². The monoisotopic (exact) mass is 323 g/mol. The summed E-state index contributed by atoms with van der Waals surface area (Å²) >= 11 is 0. The van der Waals surface area contributed by atoms with Crippen molar-refractivity contribution in [1.82, 2.24) is 30.3 Å². The number of nitrogens with zero attached hydrogens (tertiary/aromatic N) is 4. The molecule has 1 fully saturated rings. The molecule has 2 aromatic heterocycles. The van der Waals surface area contributed by atoms with Crippen LogP contribution >= 0.6 is 0 Å². The number of amides is 2. The number of hydrogen-bond acceptors (Lipinski definition) is 8. The van der Waals surface area contributed by atoms with Gasteiger partial charge >= 0.3 is 6.03 Å². The van der Waals surface area contributed by atoms with Crippen LogP contribution in [0.25, 0.3) is 11.2 Å². The predicted molar refractivity (Wildman–Crippen MR) is 77.5 cm³/mol. The van der Waals surface area contributed by atoms with E-state index in [1.807, 2.05) is 5.48 Å². The number of rotatable bonds is 5. The van der Waals surface area contributed by atoms with Crippen molar-refractivity contribution >= 4 is 23.0 Å². The van der Waals surface area contributed by atoms with Crippen LogP contribution in [0.15, 0.2) is 12.7 Å². The van der Waals surface area contributed by atoms with Gasteiger partial charge in [0.15, 0.2) is 17.0 Å². The lowest BCUT2D eigenvalue weighted by molar-refractivity contribution is -0.0207. The van der Waals surface area contributed by atoms with E-state index in [2.05, 4.69) is 25.6 Å². The van der Waals surface area contributed by atoms with Crippen molar-refractivity contribution < 1.29 is 19.8 Å². The zero-order chi connectivity index (χ0) is 16.2. The molecule has 124 valence electrons. The van der Waals surface area contributed by atoms with Crippen LogP contribution in [-0.2, 0) is 4.74 Å². The molecule has 0 aliphatic carbocycles. The van der Waals surface area contributed by atoms with Gasteiger partial charge in [-0.15, -0.1) is 0 Å². The normalized spacial score (nSPS) is 20.8. The number of hydrogen-bond donors (Lipinski definition) is 5. The van der Waals surface area contributed by atoms with E-state index in [1.165, 1.54) is 6.33 Å². The molecule has 1 aliphatic heterocycles. The van der Waals surface area contributed by atoms with Gasteiger partial charge in [0.1, 0.15) is 12.6 Å². The molecule has 11 nitrogen and oxygen atoms in total. The van der Waals surface area contributed by atoms with E-state index in [9.17, 15) is 4.79 Å². The van der Waals surface area contributed by atoms with Gasteiger partial charge in [-0.05, 0) is 12.8 Å². The van der Waals surface area contributed by atoms with E-state index in [4.69, 9.17) is 15.1 Å². The molecule has 2 atom stereocenters. The standard InChI is InChI=1S/C12H17N7O4/c20-3-7-1-2-8(23-7)19-6-16-9-10(13-4-14-11(9)19)18-12(21)15-5-17-22/h4,6-8,17,20,22H,1-3,5H2,(H2,13,14,15,18,21). The van der Waals surface area contributed by atoms with Gasteiger partial charge in [0.2, 0.25) is 0 Å². The highest BCUT2D eigenvalue weighted by Gasteiger charge is 2.27. The first-order valence-electron chi connectivity index (χ1n) is 7.08. The number of anilines is 1. The molecular weight excluding hydrogens is 306 g/mol. The van der Waals surface area contributed by atoms with Gasteiger partial charge in [-0.25, -0.2) is 19.7 Å². The summed E-state index contributed by atoms with van der Waals surface area (Å²) in [6.45, 7) is -0.128. The lowest BCUT2D eigenvalue weighted by Crippen LogP contribution is -2.35. The largest absolute Gasteiger partial charge is 0.394 e. The van der Waals surface area contributed by atoms with Gasteiger partial charge in [0.25, 0.3) is 0 Å². The molecule has 2 unspecified atom stereocenters. The Balaban J connectivity index is 1.81. The van der Waals surface area contributed by atoms with Crippen molar-refractivity contribution in [3.8, 4) is 0 Å². The van der Waals surface area contributed by atoms with E-state index >= 15 is 0 Å². The fourth-order valence-electron chi connectivity index (χ4n) is 2.45. The highest BCUT2D eigenvalue weighted by molar-refractivity contribution is 5.95. The molecule has 5 N–H and O–H groups in total. The number of ether oxygens (including phenoxy) is 1. The van der Waals surface area contributed by atoms with Crippen molar-refractivity contribution in [2.45, 2.75) is 25.2 Å². The molecule has 1 saturated heterocycles. The Morgan fingerprint density at radius 2 is 2.26 bits per heavy atom. The molecule has 2 amide bonds. The van der Waals surface area contributed by atoms with E-state index in [1.54, 1.807) is 10.9 Å². The summed E-state index contributed by atoms with van der Waals surface area (Å²) in [5.74, 6) is 0.251. The van der Waals surface area contributed by atoms with Crippen molar-refractivity contribution in [2.75, 3.05) is 18.6 Å². The molecule has 11 heteroatoms. The van der Waals surface area contributed by atoms with Crippen LogP contribution in [0, 0.1) is 0 Å². The first kappa shape index (κ1) is 15.6. The summed E-state index contributed by atoms with van der Waals surface area (Å²) in [6.07, 6.45) is 3.95. The topological polar surface area (TPSA) is 146 Å². The first-order chi connectivity index (χ1) is 11.2. The van der Waals surface area contributed by atoms with Gasteiger partial charge in [-0.3, -0.25) is 9.88 Å². The number of aliphatic hydroxyl groups excluding tert-OH is 1. The number of hydroxylamine groups is 1. The van der Waals surface area contributed by atoms with Gasteiger partial charge < -0.3 is 20.4 Å². The van der Waals surface area contributed by atoms with Gasteiger partial charge in [-0.2, -0.15) is 5.48 Å². The van der Waals surface area contributed by atoms with Crippen LogP contribution < -0.4 is 16.1 Å². The van der Waals surface area contributed by atoms with Crippen LogP contribution in [0.5, 0.6) is 0 Å². The Kier molecular flexibility index (Phi) is 4.62. The Hall–Kier alpha value is -2.34. The fourth-order valence-corrected chi connectivity index (χ4v) is 2.45. The number of imidazole rings is 1. The van der Waals surface area contributed by atoms with E-state index in [-0.39, 0.29) is 31.4 Å². The van der Waals surface area contributed by atoms with Crippen LogP contribution in [0.2, 0.25) is 0 Å². The minimum atomic E-state index is -0.543. The molecule has 2 aromatic rings. The van der Waals surface area contributed by atoms with E-state index in [0.717, 1.165) is 12.8 Å². The van der Waals surface area contributed by atoms with Gasteiger partial charge in [0, 0.05) is 0 Å². The Bertz CT molecular complexity index is 691. The summed E-state index contributed by atoms with van der Waals surface area (Å²) in [5, 5.41) is 22.5. The summed E-state index contributed by atoms with van der Waals surface area (Å²) in [4.78, 5) is 24.1. The maximum atomic E-state index is 11.6. The second kappa shape index (κ2) is 6.83. The smallest absolute Gasteiger partial charge is 0.321 e. The van der Waals surface area contributed by atoms with Crippen molar-refractivity contribution in [1.29, 1.82) is 0 Å². The van der Waals surface area contributed by atoms with E-state index < -0.39 is 6.03 Å². The first-order valence-corrected chi connectivity index (χ1v) is 7.08. The predicted octanol–water partition coefficient (Wildman–Crippen LogP) is -0.446. The maximum Gasteiger partial charge on any atom is 0.321 e. The number of nitrogens with one attached hydrogen (secondary N) is 3. The lowest BCUT2D eigenvalue weighted by atomic mass is 10.2. The van der Waals surface area contributed by atoms with Crippen molar-refractivity contribution in [3.05, 3.63) is 12.7 Å². The minimum absolute atomic E-state index is 0.0238. The Morgan fingerprint density at radius 3 is 3.00 bits per heavy atom. The lowest BCUT2D eigenvalue weighted by Gasteiger charge is -2.14. The number of aromatic nitrogens is 4. The van der Waals surface area contributed by atoms with Crippen LogP contribution in [0.4, 0.5) is 10.6 Å². The maximum absolute atomic E-state index is 11.6. The second-order valence-electron chi connectivity index (χ2n) is 4.98. The molecule has 0 saturated carbocycles. The Labute approximate surface area is 130 Å². The molecule has 3 rings (SSSR count). The summed E-state index contributed by atoms with van der Waals surface area (Å²) in [7, 11) is 0. The third-order valence-electron chi connectivity index (χ3n) is 3.52. The van der Waals surface area contributed by atoms with Gasteiger partial charge in [-0.1, -0.05) is 0 Å². The molecule has 3 heterocycles. The van der Waals surface area contributed by atoms with Crippen LogP contribution in [0.1, 0.15) is 19.1 Å². The third kappa shape index (κ3) is 3.22. The SMILES string of the molecule is O=C(NCNO)Nc1ncnc2c1ncn2C1CCC(CO)O1. The van der Waals surface area contributed by atoms with Crippen molar-refractivity contribution in [2.24, 2.45) is 0 Å². The average molecular weight is 323 g/mol. The number of carbonyl (C=O) groups excluding carboxylic acids is 1. The zero-order valence-electron chi connectivity index (χ0n) is 12.1. The highest BCUT2D eigenvalue weighted by Crippen LogP contribution is 2.30. The summed E-state index contributed by atoms with van der Waals surface area (Å²) in [5.41, 5.74) is 2.76. The van der Waals surface area contributed by atoms with Gasteiger partial charge in [0.05, 0.1) is 25.7 Å². The van der Waals surface area contributed by atoms with Crippen molar-refractivity contribution in [3.63, 3.8) is 0 Å².